The predicted octanol–water partition coefficient (Wildman–Crippen LogP) is 1.50. The Hall–Kier alpha value is -3.29. The van der Waals surface area contributed by atoms with E-state index in [-0.39, 0.29) is 17.5 Å². The van der Waals surface area contributed by atoms with Gasteiger partial charge in [0.25, 0.3) is 0 Å². The molecule has 0 amide bonds. The fraction of sp³-hybridized carbons (Fsp3) is 0.133. The molecule has 0 fully saturated rings. The summed E-state index contributed by atoms with van der Waals surface area (Å²) in [5, 5.41) is 7.21. The van der Waals surface area contributed by atoms with Gasteiger partial charge in [-0.3, -0.25) is 0 Å². The van der Waals surface area contributed by atoms with Crippen LogP contribution in [0, 0.1) is 0 Å². The smallest absolute Gasteiger partial charge is 0.379 e. The first kappa shape index (κ1) is 16.1. The maximum Gasteiger partial charge on any atom is 0.379 e. The van der Waals surface area contributed by atoms with E-state index in [4.69, 9.17) is 25.4 Å². The number of nitrogens with two attached hydrogens (primary N) is 2. The van der Waals surface area contributed by atoms with Gasteiger partial charge in [0.05, 0.1) is 19.1 Å². The summed E-state index contributed by atoms with van der Waals surface area (Å²) in [5.74, 6) is 0.00676. The highest BCUT2D eigenvalue weighted by Gasteiger charge is 2.15. The molecule has 0 radical (unpaired) electrons. The number of carbonyl (C=O) groups is 1. The number of guanidine groups is 1. The lowest BCUT2D eigenvalue weighted by Crippen LogP contribution is -2.21. The monoisotopic (exact) mass is 316 g/mol. The summed E-state index contributed by atoms with van der Waals surface area (Å²) in [4.78, 5) is 11.9. The Labute approximate surface area is 132 Å². The van der Waals surface area contributed by atoms with Crippen molar-refractivity contribution in [2.45, 2.75) is 6.92 Å². The average molecular weight is 316 g/mol. The van der Waals surface area contributed by atoms with Gasteiger partial charge >= 0.3 is 5.97 Å². The summed E-state index contributed by atoms with van der Waals surface area (Å²) in [7, 11) is 0. The van der Waals surface area contributed by atoms with Crippen LogP contribution in [-0.2, 0) is 0 Å². The Kier molecular flexibility index (Phi) is 5.35. The Bertz CT molecular complexity index is 719. The highest BCUT2D eigenvalue weighted by atomic mass is 16.6. The molecule has 2 aromatic rings. The summed E-state index contributed by atoms with van der Waals surface area (Å²) < 4.78 is 15.7. The van der Waals surface area contributed by atoms with E-state index >= 15 is 0 Å². The van der Waals surface area contributed by atoms with E-state index in [1.54, 1.807) is 24.3 Å². The number of hydrogen-bond acceptors (Lipinski definition) is 6. The van der Waals surface area contributed by atoms with Crippen LogP contribution in [0.15, 0.2) is 51.2 Å². The van der Waals surface area contributed by atoms with E-state index < -0.39 is 5.97 Å². The van der Waals surface area contributed by atoms with Gasteiger partial charge < -0.3 is 25.4 Å². The van der Waals surface area contributed by atoms with Gasteiger partial charge in [-0.15, -0.1) is 5.10 Å². The number of benzene rings is 1. The number of esters is 1. The third-order valence-electron chi connectivity index (χ3n) is 2.57. The van der Waals surface area contributed by atoms with Crippen LogP contribution in [0.3, 0.4) is 0 Å². The average Bonchev–Trinajstić information content (AvgIpc) is 3.04. The predicted molar refractivity (Wildman–Crippen MR) is 84.7 cm³/mol. The molecule has 0 atom stereocenters. The molecule has 2 rings (SSSR count). The van der Waals surface area contributed by atoms with E-state index in [0.717, 1.165) is 0 Å². The van der Waals surface area contributed by atoms with E-state index in [1.165, 1.54) is 18.5 Å². The standard InChI is InChI=1S/C15H16N4O4/c1-2-21-13-8-10(9-18-19-15(16)17)5-6-11(13)23-14(20)12-4-3-7-22-12/h3-9H,2H2,1H3,(H4,16,17,19). The summed E-state index contributed by atoms with van der Waals surface area (Å²) in [6.45, 7) is 2.22. The van der Waals surface area contributed by atoms with Crippen LogP contribution in [0.2, 0.25) is 0 Å². The molecule has 23 heavy (non-hydrogen) atoms. The molecule has 0 spiro atoms. The van der Waals surface area contributed by atoms with Crippen LogP contribution >= 0.6 is 0 Å². The minimum absolute atomic E-state index is 0.103. The molecular weight excluding hydrogens is 300 g/mol. The summed E-state index contributed by atoms with van der Waals surface area (Å²) in [6, 6.07) is 8.03. The van der Waals surface area contributed by atoms with Crippen LogP contribution in [0.1, 0.15) is 23.0 Å². The van der Waals surface area contributed by atoms with Crippen LogP contribution in [-0.4, -0.2) is 24.8 Å². The van der Waals surface area contributed by atoms with Gasteiger partial charge in [0.15, 0.2) is 11.5 Å². The molecule has 120 valence electrons. The minimum Gasteiger partial charge on any atom is -0.490 e. The maximum atomic E-state index is 11.9. The highest BCUT2D eigenvalue weighted by Crippen LogP contribution is 2.29. The minimum atomic E-state index is -0.613. The number of nitrogens with zero attached hydrogens (tertiary/aromatic N) is 2. The third kappa shape index (κ3) is 4.60. The van der Waals surface area contributed by atoms with Gasteiger partial charge in [-0.05, 0) is 42.8 Å². The van der Waals surface area contributed by atoms with Crippen LogP contribution < -0.4 is 20.9 Å². The zero-order valence-electron chi connectivity index (χ0n) is 12.4. The SMILES string of the molecule is CCOc1cc(C=NN=C(N)N)ccc1OC(=O)c1ccco1. The topological polar surface area (TPSA) is 125 Å². The highest BCUT2D eigenvalue weighted by molar-refractivity contribution is 5.89. The van der Waals surface area contributed by atoms with E-state index in [9.17, 15) is 4.79 Å². The van der Waals surface area contributed by atoms with Crippen molar-refractivity contribution in [2.75, 3.05) is 6.61 Å². The molecule has 0 bridgehead atoms. The largest absolute Gasteiger partial charge is 0.490 e. The van der Waals surface area contributed by atoms with Crippen molar-refractivity contribution < 1.29 is 18.7 Å². The quantitative estimate of drug-likeness (QED) is 0.273. The normalized spacial score (nSPS) is 10.5. The Morgan fingerprint density at radius 3 is 2.78 bits per heavy atom. The molecule has 0 saturated carbocycles. The number of rotatable bonds is 6. The molecule has 8 nitrogen and oxygen atoms in total. The lowest BCUT2D eigenvalue weighted by molar-refractivity contribution is 0.0695. The summed E-state index contributed by atoms with van der Waals surface area (Å²) in [5.41, 5.74) is 11.0. The van der Waals surface area contributed by atoms with Gasteiger partial charge in [0, 0.05) is 0 Å². The molecule has 1 heterocycles. The first-order chi connectivity index (χ1) is 11.1. The number of carbonyl (C=O) groups excluding carboxylic acids is 1. The molecule has 1 aromatic carbocycles. The third-order valence-corrected chi connectivity index (χ3v) is 2.57. The lowest BCUT2D eigenvalue weighted by Gasteiger charge is -2.10. The first-order valence-corrected chi connectivity index (χ1v) is 6.74. The van der Waals surface area contributed by atoms with E-state index in [2.05, 4.69) is 10.2 Å². The van der Waals surface area contributed by atoms with Crippen molar-refractivity contribution in [3.63, 3.8) is 0 Å². The zero-order valence-corrected chi connectivity index (χ0v) is 12.4. The molecule has 8 heteroatoms. The fourth-order valence-electron chi connectivity index (χ4n) is 1.66. The zero-order chi connectivity index (χ0) is 16.7. The molecular formula is C15H16N4O4. The van der Waals surface area contributed by atoms with Crippen LogP contribution in [0.4, 0.5) is 0 Å². The van der Waals surface area contributed by atoms with Crippen molar-refractivity contribution in [3.05, 3.63) is 47.9 Å². The Balaban J connectivity index is 2.20. The molecule has 0 aliphatic heterocycles. The van der Waals surface area contributed by atoms with Crippen molar-refractivity contribution in [1.29, 1.82) is 0 Å². The molecule has 1 aromatic heterocycles. The Morgan fingerprint density at radius 2 is 2.13 bits per heavy atom. The second-order valence-electron chi connectivity index (χ2n) is 4.28. The van der Waals surface area contributed by atoms with Crippen molar-refractivity contribution >= 4 is 18.1 Å². The molecule has 0 aliphatic rings. The summed E-state index contributed by atoms with van der Waals surface area (Å²) >= 11 is 0. The molecule has 0 saturated heterocycles. The number of hydrogen-bond donors (Lipinski definition) is 2. The van der Waals surface area contributed by atoms with Gasteiger partial charge in [0.2, 0.25) is 11.7 Å². The van der Waals surface area contributed by atoms with Gasteiger partial charge in [-0.25, -0.2) is 4.79 Å². The van der Waals surface area contributed by atoms with E-state index in [0.29, 0.717) is 17.9 Å². The molecule has 0 unspecified atom stereocenters. The van der Waals surface area contributed by atoms with Crippen LogP contribution in [0.5, 0.6) is 11.5 Å². The van der Waals surface area contributed by atoms with Crippen LogP contribution in [0.25, 0.3) is 0 Å². The summed E-state index contributed by atoms with van der Waals surface area (Å²) in [6.07, 6.45) is 2.84. The van der Waals surface area contributed by atoms with Crippen molar-refractivity contribution in [3.8, 4) is 11.5 Å². The van der Waals surface area contributed by atoms with E-state index in [1.807, 2.05) is 6.92 Å². The first-order valence-electron chi connectivity index (χ1n) is 6.74. The van der Waals surface area contributed by atoms with Crippen molar-refractivity contribution in [1.82, 2.24) is 0 Å². The van der Waals surface area contributed by atoms with Crippen molar-refractivity contribution in [2.24, 2.45) is 21.7 Å². The molecule has 0 aliphatic carbocycles. The second kappa shape index (κ2) is 7.64. The maximum absolute atomic E-state index is 11.9. The van der Waals surface area contributed by atoms with Gasteiger partial charge in [-0.2, -0.15) is 5.10 Å². The lowest BCUT2D eigenvalue weighted by atomic mass is 10.2. The molecule has 4 N–H and O–H groups in total. The van der Waals surface area contributed by atoms with Gasteiger partial charge in [-0.1, -0.05) is 0 Å². The number of furan rings is 1. The second-order valence-corrected chi connectivity index (χ2v) is 4.28. The number of ether oxygens (including phenoxy) is 2. The fourth-order valence-corrected chi connectivity index (χ4v) is 1.66. The Morgan fingerprint density at radius 1 is 1.30 bits per heavy atom. The van der Waals surface area contributed by atoms with Gasteiger partial charge in [0.1, 0.15) is 0 Å².